The van der Waals surface area contributed by atoms with Gasteiger partial charge in [-0.1, -0.05) is 0 Å². The Labute approximate surface area is 127 Å². The van der Waals surface area contributed by atoms with Gasteiger partial charge < -0.3 is 10.1 Å². The zero-order valence-electron chi connectivity index (χ0n) is 12.3. The summed E-state index contributed by atoms with van der Waals surface area (Å²) < 4.78 is 4.72. The monoisotopic (exact) mass is 304 g/mol. The average Bonchev–Trinajstić information content (AvgIpc) is 2.79. The molecular formula is C15H16N2O3S. The van der Waals surface area contributed by atoms with E-state index < -0.39 is 5.97 Å². The minimum atomic E-state index is -0.456. The molecular weight excluding hydrogens is 288 g/mol. The van der Waals surface area contributed by atoms with Crippen LogP contribution in [0.2, 0.25) is 0 Å². The van der Waals surface area contributed by atoms with Crippen molar-refractivity contribution in [2.45, 2.75) is 20.8 Å². The van der Waals surface area contributed by atoms with E-state index in [1.807, 2.05) is 19.2 Å². The number of carbonyl (C=O) groups is 2. The van der Waals surface area contributed by atoms with Crippen LogP contribution in [0.5, 0.6) is 0 Å². The second-order valence-corrected chi connectivity index (χ2v) is 5.53. The second-order valence-electron chi connectivity index (χ2n) is 4.65. The number of hydrogen-bond acceptors (Lipinski definition) is 5. The molecule has 6 heteroatoms. The topological polar surface area (TPSA) is 68.3 Å². The molecule has 21 heavy (non-hydrogen) atoms. The lowest BCUT2D eigenvalue weighted by Gasteiger charge is -2.09. The van der Waals surface area contributed by atoms with Crippen LogP contribution in [-0.2, 0) is 4.74 Å². The van der Waals surface area contributed by atoms with Crippen molar-refractivity contribution in [3.05, 3.63) is 44.9 Å². The molecule has 2 rings (SSSR count). The van der Waals surface area contributed by atoms with Gasteiger partial charge in [-0.15, -0.1) is 11.3 Å². The lowest BCUT2D eigenvalue weighted by Crippen LogP contribution is -2.16. The van der Waals surface area contributed by atoms with Crippen molar-refractivity contribution in [2.24, 2.45) is 0 Å². The third-order valence-electron chi connectivity index (χ3n) is 3.05. The highest BCUT2D eigenvalue weighted by Gasteiger charge is 2.20. The quantitative estimate of drug-likeness (QED) is 0.885. The molecule has 0 saturated carbocycles. The molecule has 0 aliphatic carbocycles. The van der Waals surface area contributed by atoms with E-state index in [2.05, 4.69) is 10.3 Å². The van der Waals surface area contributed by atoms with Gasteiger partial charge in [0.15, 0.2) is 0 Å². The Morgan fingerprint density at radius 2 is 1.95 bits per heavy atom. The SMILES string of the molecule is COC(=O)c1scc(C)c1NC(=O)c1ccc(C)nc1C. The maximum Gasteiger partial charge on any atom is 0.350 e. The fraction of sp³-hybridized carbons (Fsp3) is 0.267. The van der Waals surface area contributed by atoms with E-state index in [9.17, 15) is 9.59 Å². The predicted octanol–water partition coefficient (Wildman–Crippen LogP) is 3.11. The predicted molar refractivity (Wildman–Crippen MR) is 82.1 cm³/mol. The number of hydrogen-bond donors (Lipinski definition) is 1. The summed E-state index contributed by atoms with van der Waals surface area (Å²) in [6.45, 7) is 5.48. The first-order chi connectivity index (χ1) is 9.93. The van der Waals surface area contributed by atoms with Gasteiger partial charge in [-0.05, 0) is 43.8 Å². The number of thiophene rings is 1. The first kappa shape index (κ1) is 15.2. The molecule has 0 spiro atoms. The Morgan fingerprint density at radius 3 is 2.57 bits per heavy atom. The van der Waals surface area contributed by atoms with Crippen LogP contribution in [0.15, 0.2) is 17.5 Å². The molecule has 1 N–H and O–H groups in total. The molecule has 2 aromatic rings. The number of aromatic nitrogens is 1. The minimum Gasteiger partial charge on any atom is -0.465 e. The number of anilines is 1. The van der Waals surface area contributed by atoms with Crippen molar-refractivity contribution in [1.29, 1.82) is 0 Å². The number of carbonyl (C=O) groups excluding carboxylic acids is 2. The molecule has 0 radical (unpaired) electrons. The Morgan fingerprint density at radius 1 is 1.24 bits per heavy atom. The third kappa shape index (κ3) is 3.11. The van der Waals surface area contributed by atoms with Gasteiger partial charge in [0.25, 0.3) is 5.91 Å². The van der Waals surface area contributed by atoms with E-state index in [-0.39, 0.29) is 5.91 Å². The minimum absolute atomic E-state index is 0.286. The second kappa shape index (κ2) is 6.05. The highest BCUT2D eigenvalue weighted by Crippen LogP contribution is 2.28. The Hall–Kier alpha value is -2.21. The fourth-order valence-electron chi connectivity index (χ4n) is 1.95. The van der Waals surface area contributed by atoms with Crippen molar-refractivity contribution in [3.8, 4) is 0 Å². The summed E-state index contributed by atoms with van der Waals surface area (Å²) in [5.41, 5.74) is 3.32. The summed E-state index contributed by atoms with van der Waals surface area (Å²) in [6.07, 6.45) is 0. The van der Waals surface area contributed by atoms with Gasteiger partial charge in [-0.3, -0.25) is 9.78 Å². The maximum atomic E-state index is 12.4. The van der Waals surface area contributed by atoms with Crippen LogP contribution in [0.3, 0.4) is 0 Å². The van der Waals surface area contributed by atoms with Crippen LogP contribution in [-0.4, -0.2) is 24.0 Å². The fourth-order valence-corrected chi connectivity index (χ4v) is 2.87. The normalized spacial score (nSPS) is 10.3. The van der Waals surface area contributed by atoms with Crippen LogP contribution < -0.4 is 5.32 Å². The number of rotatable bonds is 3. The Kier molecular flexibility index (Phi) is 4.37. The molecule has 0 aliphatic rings. The molecule has 0 aromatic carbocycles. The maximum absolute atomic E-state index is 12.4. The summed E-state index contributed by atoms with van der Waals surface area (Å²) >= 11 is 1.25. The smallest absolute Gasteiger partial charge is 0.350 e. The lowest BCUT2D eigenvalue weighted by atomic mass is 10.1. The van der Waals surface area contributed by atoms with Crippen LogP contribution in [0.4, 0.5) is 5.69 Å². The van der Waals surface area contributed by atoms with Gasteiger partial charge in [0.05, 0.1) is 24.1 Å². The van der Waals surface area contributed by atoms with Gasteiger partial charge in [-0.25, -0.2) is 4.79 Å². The number of ether oxygens (including phenoxy) is 1. The molecule has 0 unspecified atom stereocenters. The Balaban J connectivity index is 2.32. The molecule has 0 fully saturated rings. The van der Waals surface area contributed by atoms with E-state index in [1.165, 1.54) is 18.4 Å². The van der Waals surface area contributed by atoms with E-state index in [4.69, 9.17) is 4.74 Å². The summed E-state index contributed by atoms with van der Waals surface area (Å²) in [5.74, 6) is -0.742. The van der Waals surface area contributed by atoms with E-state index in [0.29, 0.717) is 21.8 Å². The molecule has 2 aromatic heterocycles. The molecule has 2 heterocycles. The standard InChI is InChI=1S/C15H16N2O3S/c1-8-7-21-13(15(19)20-4)12(8)17-14(18)11-6-5-9(2)16-10(11)3/h5-7H,1-4H3,(H,17,18). The molecule has 0 bridgehead atoms. The summed E-state index contributed by atoms with van der Waals surface area (Å²) in [4.78, 5) is 28.7. The molecule has 0 aliphatic heterocycles. The summed E-state index contributed by atoms with van der Waals surface area (Å²) in [7, 11) is 1.32. The third-order valence-corrected chi connectivity index (χ3v) is 4.13. The number of methoxy groups -OCH3 is 1. The van der Waals surface area contributed by atoms with E-state index in [0.717, 1.165) is 11.3 Å². The number of amides is 1. The molecule has 5 nitrogen and oxygen atoms in total. The summed E-state index contributed by atoms with van der Waals surface area (Å²) in [6, 6.07) is 3.51. The van der Waals surface area contributed by atoms with Crippen LogP contribution in [0.1, 0.15) is 37.0 Å². The van der Waals surface area contributed by atoms with Crippen LogP contribution >= 0.6 is 11.3 Å². The highest BCUT2D eigenvalue weighted by atomic mass is 32.1. The number of nitrogens with one attached hydrogen (secondary N) is 1. The zero-order valence-corrected chi connectivity index (χ0v) is 13.1. The van der Waals surface area contributed by atoms with Crippen molar-refractivity contribution < 1.29 is 14.3 Å². The van der Waals surface area contributed by atoms with Gasteiger partial charge >= 0.3 is 5.97 Å². The summed E-state index contributed by atoms with van der Waals surface area (Å²) in [5, 5.41) is 4.59. The highest BCUT2D eigenvalue weighted by molar-refractivity contribution is 7.12. The number of pyridine rings is 1. The Bertz CT molecular complexity index is 707. The van der Waals surface area contributed by atoms with Gasteiger partial charge in [0, 0.05) is 5.69 Å². The molecule has 0 atom stereocenters. The van der Waals surface area contributed by atoms with Gasteiger partial charge in [0.2, 0.25) is 0 Å². The largest absolute Gasteiger partial charge is 0.465 e. The number of aryl methyl sites for hydroxylation is 3. The van der Waals surface area contributed by atoms with Crippen molar-refractivity contribution in [1.82, 2.24) is 4.98 Å². The molecule has 110 valence electrons. The van der Waals surface area contributed by atoms with Gasteiger partial charge in [0.1, 0.15) is 4.88 Å². The first-order valence-corrected chi connectivity index (χ1v) is 7.24. The van der Waals surface area contributed by atoms with Crippen molar-refractivity contribution >= 4 is 28.9 Å². The zero-order chi connectivity index (χ0) is 15.6. The number of nitrogens with zero attached hydrogens (tertiary/aromatic N) is 1. The van der Waals surface area contributed by atoms with Crippen molar-refractivity contribution in [2.75, 3.05) is 12.4 Å². The average molecular weight is 304 g/mol. The van der Waals surface area contributed by atoms with E-state index in [1.54, 1.807) is 19.1 Å². The van der Waals surface area contributed by atoms with E-state index >= 15 is 0 Å². The molecule has 1 amide bonds. The lowest BCUT2D eigenvalue weighted by molar-refractivity contribution is 0.0607. The van der Waals surface area contributed by atoms with Gasteiger partial charge in [-0.2, -0.15) is 0 Å². The van der Waals surface area contributed by atoms with Crippen molar-refractivity contribution in [3.63, 3.8) is 0 Å². The first-order valence-electron chi connectivity index (χ1n) is 6.36. The molecule has 0 saturated heterocycles. The van der Waals surface area contributed by atoms with Crippen LogP contribution in [0.25, 0.3) is 0 Å². The number of esters is 1. The van der Waals surface area contributed by atoms with Crippen LogP contribution in [0, 0.1) is 20.8 Å².